The minimum Gasteiger partial charge on any atom is -0.491 e. The van der Waals surface area contributed by atoms with Crippen molar-refractivity contribution in [1.29, 1.82) is 0 Å². The van der Waals surface area contributed by atoms with E-state index in [2.05, 4.69) is 5.92 Å². The van der Waals surface area contributed by atoms with E-state index in [1.54, 1.807) is 0 Å². The normalized spacial score (nSPS) is 9.77. The standard InChI is InChI=1S/C12H14O/c1-5-11-7-6-10(4)12(8-11)13-9(2)3/h1,6-9H,2-4H3. The molecule has 0 bridgehead atoms. The van der Waals surface area contributed by atoms with E-state index in [0.29, 0.717) is 0 Å². The van der Waals surface area contributed by atoms with Crippen molar-refractivity contribution in [2.75, 3.05) is 0 Å². The Hall–Kier alpha value is -1.42. The number of hydrogen-bond acceptors (Lipinski definition) is 1. The molecule has 1 rings (SSSR count). The number of benzene rings is 1. The van der Waals surface area contributed by atoms with Crippen LogP contribution in [0, 0.1) is 19.3 Å². The maximum Gasteiger partial charge on any atom is 0.123 e. The summed E-state index contributed by atoms with van der Waals surface area (Å²) in [6, 6.07) is 5.80. The summed E-state index contributed by atoms with van der Waals surface area (Å²) in [6.07, 6.45) is 5.48. The van der Waals surface area contributed by atoms with Crippen LogP contribution in [-0.4, -0.2) is 6.10 Å². The summed E-state index contributed by atoms with van der Waals surface area (Å²) in [4.78, 5) is 0. The number of ether oxygens (including phenoxy) is 1. The average molecular weight is 174 g/mol. The van der Waals surface area contributed by atoms with Gasteiger partial charge in [0.2, 0.25) is 0 Å². The summed E-state index contributed by atoms with van der Waals surface area (Å²) in [5, 5.41) is 0. The van der Waals surface area contributed by atoms with Gasteiger partial charge in [0.15, 0.2) is 0 Å². The second kappa shape index (κ2) is 4.00. The third-order valence-electron chi connectivity index (χ3n) is 1.72. The van der Waals surface area contributed by atoms with E-state index in [-0.39, 0.29) is 6.10 Å². The van der Waals surface area contributed by atoms with Gasteiger partial charge in [0.1, 0.15) is 5.75 Å². The van der Waals surface area contributed by atoms with Crippen LogP contribution in [0.1, 0.15) is 25.0 Å². The molecule has 68 valence electrons. The number of aryl methyl sites for hydroxylation is 1. The van der Waals surface area contributed by atoms with Gasteiger partial charge in [-0.1, -0.05) is 12.0 Å². The van der Waals surface area contributed by atoms with Gasteiger partial charge in [-0.25, -0.2) is 0 Å². The highest BCUT2D eigenvalue weighted by atomic mass is 16.5. The molecule has 0 atom stereocenters. The summed E-state index contributed by atoms with van der Waals surface area (Å²) in [7, 11) is 0. The smallest absolute Gasteiger partial charge is 0.123 e. The molecule has 0 heterocycles. The molecule has 13 heavy (non-hydrogen) atoms. The Bertz CT molecular complexity index is 331. The van der Waals surface area contributed by atoms with Crippen LogP contribution in [0.3, 0.4) is 0 Å². The molecule has 0 fully saturated rings. The quantitative estimate of drug-likeness (QED) is 0.626. The maximum atomic E-state index is 5.59. The Morgan fingerprint density at radius 1 is 1.38 bits per heavy atom. The number of hydrogen-bond donors (Lipinski definition) is 0. The molecule has 1 aromatic rings. The van der Waals surface area contributed by atoms with Gasteiger partial charge in [-0.3, -0.25) is 0 Å². The van der Waals surface area contributed by atoms with Crippen LogP contribution in [0.2, 0.25) is 0 Å². The summed E-state index contributed by atoms with van der Waals surface area (Å²) >= 11 is 0. The van der Waals surface area contributed by atoms with Crippen molar-refractivity contribution in [3.63, 3.8) is 0 Å². The topological polar surface area (TPSA) is 9.23 Å². The van der Waals surface area contributed by atoms with Crippen LogP contribution in [0.25, 0.3) is 0 Å². The Balaban J connectivity index is 2.99. The molecule has 1 aromatic carbocycles. The first-order valence-corrected chi connectivity index (χ1v) is 4.37. The van der Waals surface area contributed by atoms with Gasteiger partial charge < -0.3 is 4.74 Å². The molecular weight excluding hydrogens is 160 g/mol. The third kappa shape index (κ3) is 2.52. The molecule has 0 spiro atoms. The van der Waals surface area contributed by atoms with E-state index in [0.717, 1.165) is 16.9 Å². The molecule has 1 nitrogen and oxygen atoms in total. The summed E-state index contributed by atoms with van der Waals surface area (Å²) in [6.45, 7) is 6.02. The Labute approximate surface area is 79.7 Å². The van der Waals surface area contributed by atoms with E-state index >= 15 is 0 Å². The summed E-state index contributed by atoms with van der Waals surface area (Å²) in [5.41, 5.74) is 1.98. The van der Waals surface area contributed by atoms with E-state index in [4.69, 9.17) is 11.2 Å². The van der Waals surface area contributed by atoms with Crippen molar-refractivity contribution < 1.29 is 4.74 Å². The van der Waals surface area contributed by atoms with E-state index < -0.39 is 0 Å². The first kappa shape index (κ1) is 9.67. The van der Waals surface area contributed by atoms with Crippen molar-refractivity contribution >= 4 is 0 Å². The lowest BCUT2D eigenvalue weighted by atomic mass is 10.1. The molecule has 0 aliphatic rings. The zero-order valence-electron chi connectivity index (χ0n) is 8.29. The molecule has 0 N–H and O–H groups in total. The van der Waals surface area contributed by atoms with E-state index in [9.17, 15) is 0 Å². The van der Waals surface area contributed by atoms with Crippen molar-refractivity contribution in [3.05, 3.63) is 29.3 Å². The molecule has 0 aliphatic carbocycles. The zero-order chi connectivity index (χ0) is 9.84. The molecule has 0 saturated carbocycles. The van der Waals surface area contributed by atoms with Crippen molar-refractivity contribution in [2.45, 2.75) is 26.9 Å². The lowest BCUT2D eigenvalue weighted by Gasteiger charge is -2.12. The highest BCUT2D eigenvalue weighted by Crippen LogP contribution is 2.20. The molecule has 0 amide bonds. The number of rotatable bonds is 2. The van der Waals surface area contributed by atoms with Gasteiger partial charge in [-0.2, -0.15) is 0 Å². The highest BCUT2D eigenvalue weighted by Gasteiger charge is 2.02. The molecule has 0 aliphatic heterocycles. The lowest BCUT2D eigenvalue weighted by molar-refractivity contribution is 0.240. The van der Waals surface area contributed by atoms with Crippen LogP contribution in [0.4, 0.5) is 0 Å². The monoisotopic (exact) mass is 174 g/mol. The van der Waals surface area contributed by atoms with Gasteiger partial charge >= 0.3 is 0 Å². The molecule has 0 saturated heterocycles. The molecule has 0 unspecified atom stereocenters. The Morgan fingerprint density at radius 3 is 2.62 bits per heavy atom. The lowest BCUT2D eigenvalue weighted by Crippen LogP contribution is -2.06. The van der Waals surface area contributed by atoms with Crippen LogP contribution >= 0.6 is 0 Å². The first-order chi connectivity index (χ1) is 6.13. The van der Waals surface area contributed by atoms with Crippen LogP contribution < -0.4 is 4.74 Å². The predicted octanol–water partition coefficient (Wildman–Crippen LogP) is 2.76. The third-order valence-corrected chi connectivity index (χ3v) is 1.72. The fourth-order valence-electron chi connectivity index (χ4n) is 1.07. The van der Waals surface area contributed by atoms with Gasteiger partial charge in [-0.15, -0.1) is 6.42 Å². The minimum atomic E-state index is 0.187. The Morgan fingerprint density at radius 2 is 2.08 bits per heavy atom. The van der Waals surface area contributed by atoms with Crippen LogP contribution in [-0.2, 0) is 0 Å². The molecule has 0 radical (unpaired) electrons. The second-order valence-corrected chi connectivity index (χ2v) is 3.29. The Kier molecular flexibility index (Phi) is 2.97. The van der Waals surface area contributed by atoms with Crippen molar-refractivity contribution in [1.82, 2.24) is 0 Å². The second-order valence-electron chi connectivity index (χ2n) is 3.29. The summed E-state index contributed by atoms with van der Waals surface area (Å²) in [5.74, 6) is 3.47. The van der Waals surface area contributed by atoms with E-state index in [1.165, 1.54) is 0 Å². The van der Waals surface area contributed by atoms with E-state index in [1.807, 2.05) is 39.0 Å². The SMILES string of the molecule is C#Cc1ccc(C)c(OC(C)C)c1. The van der Waals surface area contributed by atoms with Crippen molar-refractivity contribution in [2.24, 2.45) is 0 Å². The first-order valence-electron chi connectivity index (χ1n) is 4.37. The average Bonchev–Trinajstić information content (AvgIpc) is 2.08. The molecule has 1 heteroatoms. The maximum absolute atomic E-state index is 5.59. The fraction of sp³-hybridized carbons (Fsp3) is 0.333. The fourth-order valence-corrected chi connectivity index (χ4v) is 1.07. The number of terminal acetylenes is 1. The molecular formula is C12H14O. The summed E-state index contributed by atoms with van der Waals surface area (Å²) < 4.78 is 5.59. The molecule has 0 aromatic heterocycles. The van der Waals surface area contributed by atoms with Crippen LogP contribution in [0.5, 0.6) is 5.75 Å². The van der Waals surface area contributed by atoms with Gasteiger partial charge in [0.25, 0.3) is 0 Å². The minimum absolute atomic E-state index is 0.187. The zero-order valence-corrected chi connectivity index (χ0v) is 8.29. The van der Waals surface area contributed by atoms with Crippen molar-refractivity contribution in [3.8, 4) is 18.1 Å². The largest absolute Gasteiger partial charge is 0.491 e. The predicted molar refractivity (Wildman–Crippen MR) is 54.9 cm³/mol. The van der Waals surface area contributed by atoms with Gasteiger partial charge in [-0.05, 0) is 38.5 Å². The highest BCUT2D eigenvalue weighted by molar-refractivity contribution is 5.43. The van der Waals surface area contributed by atoms with Gasteiger partial charge in [0, 0.05) is 5.56 Å². The van der Waals surface area contributed by atoms with Gasteiger partial charge in [0.05, 0.1) is 6.10 Å². The van der Waals surface area contributed by atoms with Crippen LogP contribution in [0.15, 0.2) is 18.2 Å².